The summed E-state index contributed by atoms with van der Waals surface area (Å²) >= 11 is 1.05. The maximum absolute atomic E-state index is 12.3. The van der Waals surface area contributed by atoms with Gasteiger partial charge in [0, 0.05) is 12.0 Å². The van der Waals surface area contributed by atoms with Gasteiger partial charge in [0.25, 0.3) is 5.91 Å². The molecule has 1 N–H and O–H groups in total. The largest absolute Gasteiger partial charge is 0.490 e. The molecule has 8 heteroatoms. The van der Waals surface area contributed by atoms with Crippen LogP contribution in [0.2, 0.25) is 0 Å². The Balaban J connectivity index is 1.74. The summed E-state index contributed by atoms with van der Waals surface area (Å²) in [6, 6.07) is 4.99. The Labute approximate surface area is 136 Å². The fraction of sp³-hybridized carbons (Fsp3) is 0.267. The predicted molar refractivity (Wildman–Crippen MR) is 83.5 cm³/mol. The predicted octanol–water partition coefficient (Wildman–Crippen LogP) is 2.34. The van der Waals surface area contributed by atoms with Crippen LogP contribution in [0.3, 0.4) is 0 Å². The van der Waals surface area contributed by atoms with E-state index in [0.717, 1.165) is 17.8 Å². The van der Waals surface area contributed by atoms with Crippen LogP contribution in [0.15, 0.2) is 24.4 Å². The van der Waals surface area contributed by atoms with Crippen LogP contribution in [-0.2, 0) is 4.74 Å². The number of amides is 1. The molecule has 3 rings (SSSR count). The molecule has 1 aromatic carbocycles. The molecule has 0 radical (unpaired) electrons. The van der Waals surface area contributed by atoms with Gasteiger partial charge in [-0.1, -0.05) is 11.3 Å². The number of nitrogens with one attached hydrogen (secondary N) is 1. The Morgan fingerprint density at radius 3 is 2.83 bits per heavy atom. The molecule has 1 aromatic heterocycles. The van der Waals surface area contributed by atoms with Gasteiger partial charge in [-0.05, 0) is 18.2 Å². The van der Waals surface area contributed by atoms with Gasteiger partial charge in [0.15, 0.2) is 16.6 Å². The van der Waals surface area contributed by atoms with Crippen LogP contribution >= 0.6 is 11.3 Å². The van der Waals surface area contributed by atoms with Crippen LogP contribution in [-0.4, -0.2) is 37.2 Å². The second-order valence-electron chi connectivity index (χ2n) is 4.69. The molecule has 0 atom stereocenters. The number of esters is 1. The maximum atomic E-state index is 12.3. The molecule has 0 unspecified atom stereocenters. The van der Waals surface area contributed by atoms with Crippen molar-refractivity contribution in [2.45, 2.75) is 6.42 Å². The van der Waals surface area contributed by atoms with Gasteiger partial charge in [-0.3, -0.25) is 10.1 Å². The summed E-state index contributed by atoms with van der Waals surface area (Å²) in [6.45, 7) is 1.14. The number of fused-ring (bicyclic) bond motifs is 1. The third-order valence-electron chi connectivity index (χ3n) is 3.12. The number of aromatic nitrogens is 1. The van der Waals surface area contributed by atoms with Crippen molar-refractivity contribution in [3.63, 3.8) is 0 Å². The van der Waals surface area contributed by atoms with E-state index in [9.17, 15) is 9.59 Å². The van der Waals surface area contributed by atoms with Crippen LogP contribution in [0.5, 0.6) is 11.5 Å². The molecule has 0 saturated heterocycles. The Kier molecular flexibility index (Phi) is 4.42. The van der Waals surface area contributed by atoms with E-state index >= 15 is 0 Å². The number of hydrogen-bond donors (Lipinski definition) is 1. The summed E-state index contributed by atoms with van der Waals surface area (Å²) in [5, 5.41) is 2.97. The third kappa shape index (κ3) is 3.42. The first-order valence-corrected chi connectivity index (χ1v) is 7.74. The van der Waals surface area contributed by atoms with E-state index in [2.05, 4.69) is 15.0 Å². The van der Waals surface area contributed by atoms with Gasteiger partial charge < -0.3 is 14.2 Å². The molecule has 0 fully saturated rings. The van der Waals surface area contributed by atoms with Crippen molar-refractivity contribution < 1.29 is 23.8 Å². The molecule has 2 heterocycles. The average molecular weight is 334 g/mol. The lowest BCUT2D eigenvalue weighted by Crippen LogP contribution is -2.11. The lowest BCUT2D eigenvalue weighted by atomic mass is 10.2. The molecule has 0 saturated carbocycles. The number of methoxy groups -OCH3 is 1. The minimum absolute atomic E-state index is 0.321. The van der Waals surface area contributed by atoms with Crippen molar-refractivity contribution in [2.24, 2.45) is 0 Å². The van der Waals surface area contributed by atoms with Crippen molar-refractivity contribution in [1.82, 2.24) is 4.98 Å². The van der Waals surface area contributed by atoms with Gasteiger partial charge >= 0.3 is 5.97 Å². The monoisotopic (exact) mass is 334 g/mol. The van der Waals surface area contributed by atoms with Crippen LogP contribution in [0.1, 0.15) is 26.5 Å². The van der Waals surface area contributed by atoms with E-state index in [1.807, 2.05) is 0 Å². The van der Waals surface area contributed by atoms with Crippen LogP contribution in [0.4, 0.5) is 5.13 Å². The van der Waals surface area contributed by atoms with Gasteiger partial charge in [0.1, 0.15) is 4.88 Å². The summed E-state index contributed by atoms with van der Waals surface area (Å²) in [6.07, 6.45) is 2.16. The van der Waals surface area contributed by atoms with Gasteiger partial charge in [0.05, 0.1) is 26.5 Å². The molecule has 120 valence electrons. The van der Waals surface area contributed by atoms with E-state index in [1.54, 1.807) is 18.2 Å². The maximum Gasteiger partial charge on any atom is 0.349 e. The first-order valence-electron chi connectivity index (χ1n) is 6.92. The molecule has 1 aliphatic heterocycles. The Morgan fingerprint density at radius 2 is 2.04 bits per heavy atom. The summed E-state index contributed by atoms with van der Waals surface area (Å²) in [5.41, 5.74) is 0.420. The highest BCUT2D eigenvalue weighted by Crippen LogP contribution is 2.30. The van der Waals surface area contributed by atoms with E-state index in [1.165, 1.54) is 13.3 Å². The van der Waals surface area contributed by atoms with Gasteiger partial charge in [-0.2, -0.15) is 0 Å². The van der Waals surface area contributed by atoms with E-state index in [0.29, 0.717) is 40.3 Å². The molecule has 23 heavy (non-hydrogen) atoms. The number of anilines is 1. The molecular formula is C15H14N2O5S. The third-order valence-corrected chi connectivity index (χ3v) is 4.02. The van der Waals surface area contributed by atoms with Gasteiger partial charge in [-0.15, -0.1) is 0 Å². The van der Waals surface area contributed by atoms with Crippen LogP contribution < -0.4 is 14.8 Å². The average Bonchev–Trinajstić information content (AvgIpc) is 2.90. The number of carbonyl (C=O) groups is 2. The fourth-order valence-electron chi connectivity index (χ4n) is 2.00. The molecule has 0 spiro atoms. The van der Waals surface area contributed by atoms with Crippen molar-refractivity contribution in [1.29, 1.82) is 0 Å². The normalized spacial score (nSPS) is 13.1. The second-order valence-corrected chi connectivity index (χ2v) is 5.72. The minimum atomic E-state index is -0.487. The summed E-state index contributed by atoms with van der Waals surface area (Å²) in [4.78, 5) is 28.0. The smallest absolute Gasteiger partial charge is 0.349 e. The summed E-state index contributed by atoms with van der Waals surface area (Å²) in [5.74, 6) is 0.343. The lowest BCUT2D eigenvalue weighted by Gasteiger charge is -2.08. The number of rotatable bonds is 3. The van der Waals surface area contributed by atoms with Gasteiger partial charge in [0.2, 0.25) is 0 Å². The molecule has 0 aliphatic carbocycles. The highest BCUT2D eigenvalue weighted by atomic mass is 32.1. The van der Waals surface area contributed by atoms with Gasteiger partial charge in [-0.25, -0.2) is 9.78 Å². The molecule has 1 amide bonds. The highest BCUT2D eigenvalue weighted by Gasteiger charge is 2.16. The molecule has 7 nitrogen and oxygen atoms in total. The SMILES string of the molecule is COC(=O)c1cnc(NC(=O)c2ccc3c(c2)OCCCO3)s1. The first kappa shape index (κ1) is 15.3. The zero-order valence-corrected chi connectivity index (χ0v) is 13.1. The number of benzene rings is 1. The minimum Gasteiger partial charge on any atom is -0.490 e. The number of thiazole rings is 1. The Morgan fingerprint density at radius 1 is 1.26 bits per heavy atom. The lowest BCUT2D eigenvalue weighted by molar-refractivity contribution is 0.0606. The van der Waals surface area contributed by atoms with Crippen molar-refractivity contribution in [3.05, 3.63) is 34.8 Å². The van der Waals surface area contributed by atoms with E-state index in [-0.39, 0.29) is 5.91 Å². The number of carbonyl (C=O) groups excluding carboxylic acids is 2. The van der Waals surface area contributed by atoms with Crippen LogP contribution in [0.25, 0.3) is 0 Å². The highest BCUT2D eigenvalue weighted by molar-refractivity contribution is 7.17. The summed E-state index contributed by atoms with van der Waals surface area (Å²) < 4.78 is 15.7. The van der Waals surface area contributed by atoms with Crippen molar-refractivity contribution in [2.75, 3.05) is 25.6 Å². The summed E-state index contributed by atoms with van der Waals surface area (Å²) in [7, 11) is 1.29. The topological polar surface area (TPSA) is 86.8 Å². The molecule has 0 bridgehead atoms. The Bertz CT molecular complexity index is 743. The van der Waals surface area contributed by atoms with Crippen molar-refractivity contribution >= 4 is 28.3 Å². The zero-order chi connectivity index (χ0) is 16.2. The van der Waals surface area contributed by atoms with E-state index < -0.39 is 5.97 Å². The zero-order valence-electron chi connectivity index (χ0n) is 12.3. The molecule has 2 aromatic rings. The fourth-order valence-corrected chi connectivity index (χ4v) is 2.73. The Hall–Kier alpha value is -2.61. The quantitative estimate of drug-likeness (QED) is 0.867. The van der Waals surface area contributed by atoms with Crippen molar-refractivity contribution in [3.8, 4) is 11.5 Å². The number of hydrogen-bond acceptors (Lipinski definition) is 7. The number of ether oxygens (including phenoxy) is 3. The standard InChI is InChI=1S/C15H14N2O5S/c1-20-14(19)12-8-16-15(23-12)17-13(18)9-3-4-10-11(7-9)22-6-2-5-21-10/h3-4,7-8H,2,5-6H2,1H3,(H,16,17,18). The molecule has 1 aliphatic rings. The van der Waals surface area contributed by atoms with Crippen LogP contribution in [0, 0.1) is 0 Å². The molecular weight excluding hydrogens is 320 g/mol. The second kappa shape index (κ2) is 6.66. The first-order chi connectivity index (χ1) is 11.2. The number of nitrogens with zero attached hydrogens (tertiary/aromatic N) is 1. The van der Waals surface area contributed by atoms with E-state index in [4.69, 9.17) is 9.47 Å².